The zero-order valence-corrected chi connectivity index (χ0v) is 27.7. The zero-order chi connectivity index (χ0) is 32.1. The first-order chi connectivity index (χ1) is 22.1. The van der Waals surface area contributed by atoms with E-state index in [1.54, 1.807) is 0 Å². The Hall–Kier alpha value is -3.89. The molecule has 8 rings (SSSR count). The number of piperazine rings is 1. The fourth-order valence-corrected chi connectivity index (χ4v) is 6.66. The Morgan fingerprint density at radius 2 is 1.83 bits per heavy atom. The molecule has 3 aliphatic heterocycles. The molecular formula is C35H41ClN6O4. The molecule has 1 amide bonds. The maximum Gasteiger partial charge on any atom is 0.410 e. The number of carbonyl (C=O) groups excluding carboxylic acids is 1. The van der Waals surface area contributed by atoms with Crippen molar-refractivity contribution in [2.45, 2.75) is 83.2 Å². The summed E-state index contributed by atoms with van der Waals surface area (Å²) in [7, 11) is 0. The number of halogens is 1. The van der Waals surface area contributed by atoms with Gasteiger partial charge in [-0.1, -0.05) is 41.9 Å². The van der Waals surface area contributed by atoms with Crippen molar-refractivity contribution >= 4 is 28.9 Å². The second-order valence-electron chi connectivity index (χ2n) is 13.9. The van der Waals surface area contributed by atoms with E-state index < -0.39 is 5.60 Å². The van der Waals surface area contributed by atoms with Crippen LogP contribution < -0.4 is 9.47 Å². The summed E-state index contributed by atoms with van der Waals surface area (Å²) in [6.45, 7) is 11.2. The molecular weight excluding hydrogens is 604 g/mol. The smallest absolute Gasteiger partial charge is 0.410 e. The lowest BCUT2D eigenvalue weighted by Gasteiger charge is -2.51. The molecule has 4 aromatic rings. The highest BCUT2D eigenvalue weighted by Crippen LogP contribution is 2.41. The Morgan fingerprint density at radius 1 is 1.04 bits per heavy atom. The Labute approximate surface area is 274 Å². The lowest BCUT2D eigenvalue weighted by atomic mass is 9.91. The van der Waals surface area contributed by atoms with Gasteiger partial charge in [0.25, 0.3) is 0 Å². The molecule has 2 atom stereocenters. The predicted octanol–water partition coefficient (Wildman–Crippen LogP) is 6.59. The molecule has 10 nitrogen and oxygen atoms in total. The van der Waals surface area contributed by atoms with Crippen molar-refractivity contribution in [2.75, 3.05) is 26.2 Å². The number of aromatic nitrogens is 4. The van der Waals surface area contributed by atoms with Crippen LogP contribution >= 0.6 is 11.6 Å². The number of piperidine rings is 2. The van der Waals surface area contributed by atoms with Gasteiger partial charge in [-0.25, -0.2) is 14.8 Å². The molecule has 0 radical (unpaired) electrons. The van der Waals surface area contributed by atoms with E-state index in [1.165, 1.54) is 6.33 Å². The number of fused-ring (bicyclic) bond motifs is 4. The summed E-state index contributed by atoms with van der Waals surface area (Å²) in [6, 6.07) is 16.5. The number of benzene rings is 2. The first-order valence-corrected chi connectivity index (χ1v) is 16.5. The third-order valence-corrected chi connectivity index (χ3v) is 9.39. The highest BCUT2D eigenvalue weighted by atomic mass is 35.5. The first kappa shape index (κ1) is 30.7. The third kappa shape index (κ3) is 6.51. The highest BCUT2D eigenvalue weighted by Gasteiger charge is 2.43. The maximum atomic E-state index is 12.7. The molecule has 1 aliphatic carbocycles. The van der Waals surface area contributed by atoms with Crippen molar-refractivity contribution in [1.29, 1.82) is 0 Å². The fraction of sp³-hybridized carbons (Fsp3) is 0.486. The summed E-state index contributed by atoms with van der Waals surface area (Å²) < 4.78 is 20.2. The van der Waals surface area contributed by atoms with Crippen LogP contribution in [-0.4, -0.2) is 84.9 Å². The lowest BCUT2D eigenvalue weighted by molar-refractivity contribution is -0.0434. The Morgan fingerprint density at radius 3 is 2.52 bits per heavy atom. The van der Waals surface area contributed by atoms with Crippen molar-refractivity contribution in [3.05, 3.63) is 65.4 Å². The molecule has 1 saturated carbocycles. The Balaban J connectivity index is 1.06. The Bertz CT molecular complexity index is 1730. The topological polar surface area (TPSA) is 94.8 Å². The summed E-state index contributed by atoms with van der Waals surface area (Å²) in [5, 5.41) is 0.539. The van der Waals surface area contributed by atoms with Crippen LogP contribution in [0.1, 0.15) is 58.9 Å². The van der Waals surface area contributed by atoms with Crippen LogP contribution in [0.2, 0.25) is 5.02 Å². The largest absolute Gasteiger partial charge is 0.492 e. The summed E-state index contributed by atoms with van der Waals surface area (Å²) in [5.41, 5.74) is 2.53. The first-order valence-electron chi connectivity index (χ1n) is 16.2. The fourth-order valence-electron chi connectivity index (χ4n) is 6.40. The van der Waals surface area contributed by atoms with Gasteiger partial charge in [0.2, 0.25) is 5.88 Å². The van der Waals surface area contributed by atoms with Gasteiger partial charge in [0, 0.05) is 37.3 Å². The summed E-state index contributed by atoms with van der Waals surface area (Å²) in [6.07, 6.45) is 5.40. The molecule has 46 heavy (non-hydrogen) atoms. The van der Waals surface area contributed by atoms with Crippen LogP contribution in [0, 0.1) is 0 Å². The van der Waals surface area contributed by atoms with Crippen LogP contribution in [0.15, 0.2) is 54.9 Å². The van der Waals surface area contributed by atoms with Crippen molar-refractivity contribution in [3.63, 3.8) is 0 Å². The van der Waals surface area contributed by atoms with E-state index in [9.17, 15) is 4.79 Å². The van der Waals surface area contributed by atoms with Crippen LogP contribution in [0.4, 0.5) is 4.79 Å². The SMILES string of the molecule is CC(C)(C)OC(=O)N1CC2CC[C@H]1CN2CCOc1ccc(-c2nc3c(OC4(C)CC4)ncnc3n2Cc2ccccc2)c(Cl)c1. The van der Waals surface area contributed by atoms with Crippen molar-refractivity contribution < 1.29 is 19.0 Å². The van der Waals surface area contributed by atoms with E-state index in [2.05, 4.69) is 38.5 Å². The number of carbonyl (C=O) groups is 1. The number of rotatable bonds is 9. The molecule has 4 aliphatic rings. The van der Waals surface area contributed by atoms with Crippen molar-refractivity contribution in [1.82, 2.24) is 29.3 Å². The average molecular weight is 645 g/mol. The molecule has 3 saturated heterocycles. The van der Waals surface area contributed by atoms with Gasteiger partial charge in [-0.15, -0.1) is 0 Å². The van der Waals surface area contributed by atoms with Crippen LogP contribution in [0.5, 0.6) is 11.6 Å². The number of hydrogen-bond acceptors (Lipinski definition) is 8. The number of hydrogen-bond donors (Lipinski definition) is 0. The second kappa shape index (κ2) is 12.0. The van der Waals surface area contributed by atoms with Crippen molar-refractivity contribution in [2.24, 2.45) is 0 Å². The minimum atomic E-state index is -0.493. The van der Waals surface area contributed by atoms with Gasteiger partial charge in [0.1, 0.15) is 35.7 Å². The molecule has 4 fully saturated rings. The molecule has 242 valence electrons. The van der Waals surface area contributed by atoms with Gasteiger partial charge in [0.15, 0.2) is 11.2 Å². The number of amides is 1. The van der Waals surface area contributed by atoms with E-state index in [4.69, 9.17) is 30.8 Å². The van der Waals surface area contributed by atoms with Gasteiger partial charge in [-0.3, -0.25) is 4.90 Å². The molecule has 0 N–H and O–H groups in total. The number of ether oxygens (including phenoxy) is 3. The quantitative estimate of drug-likeness (QED) is 0.201. The molecule has 2 bridgehead atoms. The molecule has 11 heteroatoms. The van der Waals surface area contributed by atoms with E-state index in [0.717, 1.165) is 49.9 Å². The maximum absolute atomic E-state index is 12.7. The minimum absolute atomic E-state index is 0.173. The Kier molecular flexibility index (Phi) is 8.05. The molecule has 2 aromatic carbocycles. The van der Waals surface area contributed by atoms with Gasteiger partial charge in [0.05, 0.1) is 11.6 Å². The molecule has 1 unspecified atom stereocenters. The van der Waals surface area contributed by atoms with E-state index in [-0.39, 0.29) is 17.7 Å². The number of nitrogens with zero attached hydrogens (tertiary/aromatic N) is 6. The second-order valence-corrected chi connectivity index (χ2v) is 14.3. The molecule has 0 spiro atoms. The van der Waals surface area contributed by atoms with Crippen LogP contribution in [0.25, 0.3) is 22.6 Å². The highest BCUT2D eigenvalue weighted by molar-refractivity contribution is 6.33. The summed E-state index contributed by atoms with van der Waals surface area (Å²) in [5.74, 6) is 1.89. The van der Waals surface area contributed by atoms with E-state index in [1.807, 2.05) is 62.1 Å². The van der Waals surface area contributed by atoms with Crippen LogP contribution in [0.3, 0.4) is 0 Å². The van der Waals surface area contributed by atoms with Gasteiger partial charge in [-0.05, 0) is 77.1 Å². The van der Waals surface area contributed by atoms with Gasteiger partial charge >= 0.3 is 6.09 Å². The molecule has 2 aromatic heterocycles. The average Bonchev–Trinajstić information content (AvgIpc) is 3.64. The lowest BCUT2D eigenvalue weighted by Crippen LogP contribution is -2.64. The standard InChI is InChI=1S/C35H41ClN6O4/c1-34(2,3)46-33(43)41-21-24-10-11-25(41)20-40(24)16-17-44-26-12-13-27(28(36)18-26)30-39-29-31(42(30)19-23-8-6-5-7-9-23)37-22-38-32(29)45-35(4)14-15-35/h5-9,12-13,18,22,24-25H,10-11,14-17,19-21H2,1-4H3/t24?,25-/m0/s1. The van der Waals surface area contributed by atoms with Gasteiger partial charge in [-0.2, -0.15) is 4.98 Å². The number of imidazole rings is 1. The van der Waals surface area contributed by atoms with Crippen molar-refractivity contribution in [3.8, 4) is 23.0 Å². The van der Waals surface area contributed by atoms with Gasteiger partial charge < -0.3 is 23.7 Å². The van der Waals surface area contributed by atoms with Crippen LogP contribution in [-0.2, 0) is 11.3 Å². The third-order valence-electron chi connectivity index (χ3n) is 9.08. The minimum Gasteiger partial charge on any atom is -0.492 e. The molecule has 5 heterocycles. The predicted molar refractivity (Wildman–Crippen MR) is 176 cm³/mol. The summed E-state index contributed by atoms with van der Waals surface area (Å²) in [4.78, 5) is 31.2. The zero-order valence-electron chi connectivity index (χ0n) is 26.9. The summed E-state index contributed by atoms with van der Waals surface area (Å²) >= 11 is 6.93. The van der Waals surface area contributed by atoms with E-state index in [0.29, 0.717) is 59.4 Å². The van der Waals surface area contributed by atoms with E-state index >= 15 is 0 Å². The monoisotopic (exact) mass is 644 g/mol. The normalized spacial score (nSPS) is 20.6.